The van der Waals surface area contributed by atoms with Gasteiger partial charge in [-0.05, 0) is 17.7 Å². The van der Waals surface area contributed by atoms with Gasteiger partial charge >= 0.3 is 12.2 Å². The first kappa shape index (κ1) is 19.2. The molecule has 1 heterocycles. The molecule has 0 unspecified atom stereocenters. The molecular weight excluding hydrogens is 385 g/mol. The summed E-state index contributed by atoms with van der Waals surface area (Å²) in [5, 5.41) is 14.5. The van der Waals surface area contributed by atoms with Gasteiger partial charge in [-0.1, -0.05) is 54.1 Å². The number of alkyl halides is 3. The Morgan fingerprint density at radius 2 is 1.67 bits per heavy atom. The average molecular weight is 399 g/mol. The summed E-state index contributed by atoms with van der Waals surface area (Å²) in [6.45, 7) is 0. The number of rotatable bonds is 3. The molecule has 2 aromatic carbocycles. The number of hydrogen-bond donors (Lipinski definition) is 3. The highest BCUT2D eigenvalue weighted by Gasteiger charge is 2.66. The minimum absolute atomic E-state index is 0.0258. The van der Waals surface area contributed by atoms with Gasteiger partial charge in [0.1, 0.15) is 5.92 Å². The van der Waals surface area contributed by atoms with Crippen molar-refractivity contribution in [3.05, 3.63) is 70.7 Å². The number of benzene rings is 2. The van der Waals surface area contributed by atoms with Crippen molar-refractivity contribution in [3.63, 3.8) is 0 Å². The molecule has 5 nitrogen and oxygen atoms in total. The summed E-state index contributed by atoms with van der Waals surface area (Å²) >= 11 is 5.81. The van der Waals surface area contributed by atoms with Gasteiger partial charge in [-0.15, -0.1) is 0 Å². The van der Waals surface area contributed by atoms with Crippen LogP contribution in [0.15, 0.2) is 54.6 Å². The molecule has 3 rings (SSSR count). The van der Waals surface area contributed by atoms with E-state index in [9.17, 15) is 27.9 Å². The van der Waals surface area contributed by atoms with Gasteiger partial charge in [-0.25, -0.2) is 4.79 Å². The number of amides is 2. The van der Waals surface area contributed by atoms with E-state index < -0.39 is 35.7 Å². The highest BCUT2D eigenvalue weighted by molar-refractivity contribution is 6.30. The van der Waals surface area contributed by atoms with Crippen LogP contribution in [0.3, 0.4) is 0 Å². The van der Waals surface area contributed by atoms with Crippen LogP contribution in [0.4, 0.5) is 18.0 Å². The molecule has 0 bridgehead atoms. The SMILES string of the molecule is O=C1N[C@H](c2ccc(Cl)cc2)[C@H](C(=O)c2ccccc2)[C@@](O)(C(F)(F)F)N1. The number of hydrogen-bond acceptors (Lipinski definition) is 3. The summed E-state index contributed by atoms with van der Waals surface area (Å²) in [7, 11) is 0. The van der Waals surface area contributed by atoms with Crippen molar-refractivity contribution in [2.75, 3.05) is 0 Å². The fourth-order valence-corrected chi connectivity index (χ4v) is 3.19. The average Bonchev–Trinajstić information content (AvgIpc) is 2.61. The van der Waals surface area contributed by atoms with Crippen molar-refractivity contribution in [2.24, 2.45) is 5.92 Å². The lowest BCUT2D eigenvalue weighted by molar-refractivity contribution is -0.287. The minimum atomic E-state index is -5.29. The van der Waals surface area contributed by atoms with Crippen LogP contribution in [0.5, 0.6) is 0 Å². The summed E-state index contributed by atoms with van der Waals surface area (Å²) in [6, 6.07) is 10.2. The Morgan fingerprint density at radius 3 is 2.22 bits per heavy atom. The fraction of sp³-hybridized carbons (Fsp3) is 0.222. The van der Waals surface area contributed by atoms with Gasteiger partial charge in [0.15, 0.2) is 5.78 Å². The normalized spacial score (nSPS) is 25.4. The molecule has 142 valence electrons. The molecule has 1 aliphatic heterocycles. The summed E-state index contributed by atoms with van der Waals surface area (Å²) < 4.78 is 41.1. The van der Waals surface area contributed by atoms with Crippen LogP contribution >= 0.6 is 11.6 Å². The zero-order valence-electron chi connectivity index (χ0n) is 13.6. The summed E-state index contributed by atoms with van der Waals surface area (Å²) in [4.78, 5) is 24.8. The summed E-state index contributed by atoms with van der Waals surface area (Å²) in [5.41, 5.74) is -3.57. The maximum atomic E-state index is 13.7. The molecule has 0 spiro atoms. The maximum Gasteiger partial charge on any atom is 0.437 e. The summed E-state index contributed by atoms with van der Waals surface area (Å²) in [6.07, 6.45) is -5.29. The molecule has 0 radical (unpaired) electrons. The third-order valence-corrected chi connectivity index (χ3v) is 4.63. The number of Topliss-reactive ketones (excluding diaryl/α,β-unsaturated/α-hetero) is 1. The standard InChI is InChI=1S/C18H14ClF3N2O3/c19-12-8-6-10(7-9-12)14-13(15(25)11-4-2-1-3-5-11)17(27,18(20,21)22)24-16(26)23-14/h1-9,13-14,27H,(H2,23,24,26)/t13-,14-,17-/m1/s1. The van der Waals surface area contributed by atoms with E-state index in [0.29, 0.717) is 5.02 Å². The number of halogens is 4. The highest BCUT2D eigenvalue weighted by atomic mass is 35.5. The molecular formula is C18H14ClF3N2O3. The molecule has 1 aliphatic rings. The highest BCUT2D eigenvalue weighted by Crippen LogP contribution is 2.44. The molecule has 1 saturated heterocycles. The molecule has 9 heteroatoms. The Morgan fingerprint density at radius 1 is 1.07 bits per heavy atom. The summed E-state index contributed by atoms with van der Waals surface area (Å²) in [5.74, 6) is -3.03. The van der Waals surface area contributed by atoms with Gasteiger partial charge in [-0.3, -0.25) is 4.79 Å². The molecule has 3 N–H and O–H groups in total. The van der Waals surface area contributed by atoms with E-state index in [1.807, 2.05) is 0 Å². The Balaban J connectivity index is 2.15. The first-order valence-electron chi connectivity index (χ1n) is 7.86. The first-order chi connectivity index (χ1) is 12.6. The number of carbonyl (C=O) groups excluding carboxylic acids is 2. The van der Waals surface area contributed by atoms with Crippen LogP contribution in [0.1, 0.15) is 22.0 Å². The third kappa shape index (κ3) is 3.50. The second kappa shape index (κ2) is 6.86. The van der Waals surface area contributed by atoms with Crippen LogP contribution < -0.4 is 10.6 Å². The van der Waals surface area contributed by atoms with Gasteiger partial charge in [0, 0.05) is 10.6 Å². The van der Waals surface area contributed by atoms with E-state index in [1.165, 1.54) is 53.8 Å². The van der Waals surface area contributed by atoms with E-state index in [2.05, 4.69) is 5.32 Å². The monoisotopic (exact) mass is 398 g/mol. The molecule has 0 aliphatic carbocycles. The smallest absolute Gasteiger partial charge is 0.363 e. The molecule has 2 aromatic rings. The molecule has 2 amide bonds. The number of nitrogens with one attached hydrogen (secondary N) is 2. The van der Waals surface area contributed by atoms with Gasteiger partial charge in [0.25, 0.3) is 0 Å². The van der Waals surface area contributed by atoms with Crippen LogP contribution in [0, 0.1) is 5.92 Å². The van der Waals surface area contributed by atoms with Crippen molar-refractivity contribution in [1.29, 1.82) is 0 Å². The Hall–Kier alpha value is -2.58. The van der Waals surface area contributed by atoms with Crippen molar-refractivity contribution in [1.82, 2.24) is 10.6 Å². The van der Waals surface area contributed by atoms with Crippen LogP contribution in [-0.4, -0.2) is 28.8 Å². The van der Waals surface area contributed by atoms with Gasteiger partial charge < -0.3 is 15.7 Å². The van der Waals surface area contributed by atoms with Crippen LogP contribution in [0.25, 0.3) is 0 Å². The van der Waals surface area contributed by atoms with E-state index in [-0.39, 0.29) is 11.1 Å². The van der Waals surface area contributed by atoms with Gasteiger partial charge in [0.2, 0.25) is 5.72 Å². The molecule has 27 heavy (non-hydrogen) atoms. The van der Waals surface area contributed by atoms with Crippen molar-refractivity contribution < 1.29 is 27.9 Å². The van der Waals surface area contributed by atoms with Gasteiger partial charge in [0.05, 0.1) is 6.04 Å². The lowest BCUT2D eigenvalue weighted by Gasteiger charge is -2.45. The van der Waals surface area contributed by atoms with Crippen LogP contribution in [0.2, 0.25) is 5.02 Å². The van der Waals surface area contributed by atoms with Crippen molar-refractivity contribution in [2.45, 2.75) is 17.9 Å². The Labute approximate surface area is 157 Å². The van der Waals surface area contributed by atoms with E-state index >= 15 is 0 Å². The minimum Gasteiger partial charge on any atom is -0.363 e. The van der Waals surface area contributed by atoms with Crippen molar-refractivity contribution >= 4 is 23.4 Å². The Kier molecular flexibility index (Phi) is 4.88. The number of ketones is 1. The quantitative estimate of drug-likeness (QED) is 0.693. The third-order valence-electron chi connectivity index (χ3n) is 4.38. The van der Waals surface area contributed by atoms with E-state index in [1.54, 1.807) is 6.07 Å². The van der Waals surface area contributed by atoms with Gasteiger partial charge in [-0.2, -0.15) is 13.2 Å². The van der Waals surface area contributed by atoms with E-state index in [4.69, 9.17) is 11.6 Å². The largest absolute Gasteiger partial charge is 0.437 e. The lowest BCUT2D eigenvalue weighted by Crippen LogP contribution is -2.72. The first-order valence-corrected chi connectivity index (χ1v) is 8.24. The Bertz CT molecular complexity index is 858. The number of aliphatic hydroxyl groups is 1. The fourth-order valence-electron chi connectivity index (χ4n) is 3.07. The molecule has 1 fully saturated rings. The van der Waals surface area contributed by atoms with E-state index in [0.717, 1.165) is 0 Å². The zero-order valence-corrected chi connectivity index (χ0v) is 14.4. The van der Waals surface area contributed by atoms with Crippen LogP contribution in [-0.2, 0) is 0 Å². The zero-order chi connectivity index (χ0) is 19.8. The lowest BCUT2D eigenvalue weighted by atomic mass is 9.77. The molecule has 0 saturated carbocycles. The topological polar surface area (TPSA) is 78.4 Å². The predicted molar refractivity (Wildman–Crippen MR) is 91.1 cm³/mol. The molecule has 0 aromatic heterocycles. The molecule has 3 atom stereocenters. The number of urea groups is 1. The predicted octanol–water partition coefficient (Wildman–Crippen LogP) is 3.44. The second-order valence-corrected chi connectivity index (χ2v) is 6.54. The second-order valence-electron chi connectivity index (χ2n) is 6.10. The van der Waals surface area contributed by atoms with Crippen molar-refractivity contribution in [3.8, 4) is 0 Å². The number of carbonyl (C=O) groups is 2. The maximum absolute atomic E-state index is 13.7.